The fourth-order valence-corrected chi connectivity index (χ4v) is 3.57. The van der Waals surface area contributed by atoms with E-state index >= 15 is 0 Å². The first kappa shape index (κ1) is 16.8. The molecule has 1 aliphatic heterocycles. The molecule has 4 rings (SSSR count). The van der Waals surface area contributed by atoms with Crippen molar-refractivity contribution in [1.82, 2.24) is 15.2 Å². The summed E-state index contributed by atoms with van der Waals surface area (Å²) in [7, 11) is 2.14. The van der Waals surface area contributed by atoms with Gasteiger partial charge in [0, 0.05) is 24.2 Å². The Bertz CT molecular complexity index is 885. The number of nitrogens with zero attached hydrogens (tertiary/aromatic N) is 2. The van der Waals surface area contributed by atoms with Crippen LogP contribution in [0.3, 0.4) is 0 Å². The van der Waals surface area contributed by atoms with Gasteiger partial charge < -0.3 is 14.6 Å². The molecule has 5 nitrogen and oxygen atoms in total. The zero-order valence-corrected chi connectivity index (χ0v) is 14.9. The van der Waals surface area contributed by atoms with E-state index in [4.69, 9.17) is 4.42 Å². The van der Waals surface area contributed by atoms with Gasteiger partial charge in [-0.3, -0.25) is 4.79 Å². The van der Waals surface area contributed by atoms with E-state index in [9.17, 15) is 4.79 Å². The second-order valence-electron chi connectivity index (χ2n) is 7.05. The summed E-state index contributed by atoms with van der Waals surface area (Å²) in [6, 6.07) is 15.1. The highest BCUT2D eigenvalue weighted by molar-refractivity contribution is 5.95. The number of benzene rings is 2. The van der Waals surface area contributed by atoms with Crippen LogP contribution in [-0.4, -0.2) is 42.5 Å². The van der Waals surface area contributed by atoms with E-state index in [2.05, 4.69) is 22.2 Å². The van der Waals surface area contributed by atoms with Gasteiger partial charge in [0.25, 0.3) is 5.91 Å². The van der Waals surface area contributed by atoms with Crippen molar-refractivity contribution in [3.8, 4) is 11.5 Å². The van der Waals surface area contributed by atoms with Crippen molar-refractivity contribution in [1.29, 1.82) is 0 Å². The first-order chi connectivity index (χ1) is 12.7. The van der Waals surface area contributed by atoms with Gasteiger partial charge in [-0.15, -0.1) is 0 Å². The van der Waals surface area contributed by atoms with E-state index in [0.717, 1.165) is 36.3 Å². The molecule has 1 aromatic heterocycles. The average molecular weight is 349 g/mol. The van der Waals surface area contributed by atoms with Crippen molar-refractivity contribution in [3.05, 3.63) is 54.1 Å². The van der Waals surface area contributed by atoms with Gasteiger partial charge >= 0.3 is 0 Å². The number of amides is 1. The maximum absolute atomic E-state index is 12.5. The Balaban J connectivity index is 1.47. The van der Waals surface area contributed by atoms with E-state index in [-0.39, 0.29) is 5.91 Å². The predicted octanol–water partition coefficient (Wildman–Crippen LogP) is 3.57. The first-order valence-corrected chi connectivity index (χ1v) is 9.12. The van der Waals surface area contributed by atoms with Crippen LogP contribution >= 0.6 is 0 Å². The molecule has 3 aromatic rings. The van der Waals surface area contributed by atoms with E-state index in [1.165, 1.54) is 12.8 Å². The largest absolute Gasteiger partial charge is 0.436 e. The standard InChI is InChI=1S/C21H23N3O2/c1-24-11-5-6-15(14-24)13-22-20(25)16-7-4-8-17(12-16)21-23-18-9-2-3-10-19(18)26-21/h2-4,7-10,12,15H,5-6,11,13-14H2,1H3,(H,22,25). The van der Waals surface area contributed by atoms with Crippen molar-refractivity contribution in [2.24, 2.45) is 5.92 Å². The molecule has 2 aromatic carbocycles. The highest BCUT2D eigenvalue weighted by Crippen LogP contribution is 2.24. The molecule has 0 spiro atoms. The number of hydrogen-bond acceptors (Lipinski definition) is 4. The number of aromatic nitrogens is 1. The molecule has 0 bridgehead atoms. The highest BCUT2D eigenvalue weighted by atomic mass is 16.3. The lowest BCUT2D eigenvalue weighted by Crippen LogP contribution is -2.39. The molecule has 0 radical (unpaired) electrons. The molecule has 1 amide bonds. The van der Waals surface area contributed by atoms with Crippen LogP contribution < -0.4 is 5.32 Å². The van der Waals surface area contributed by atoms with Gasteiger partial charge in [-0.2, -0.15) is 0 Å². The molecule has 1 fully saturated rings. The van der Waals surface area contributed by atoms with Crippen LogP contribution in [0.2, 0.25) is 0 Å². The summed E-state index contributed by atoms with van der Waals surface area (Å²) in [5, 5.41) is 3.08. The summed E-state index contributed by atoms with van der Waals surface area (Å²) in [5.41, 5.74) is 3.01. The number of fused-ring (bicyclic) bond motifs is 1. The van der Waals surface area contributed by atoms with Crippen LogP contribution in [0.5, 0.6) is 0 Å². The lowest BCUT2D eigenvalue weighted by Gasteiger charge is -2.29. The van der Waals surface area contributed by atoms with Crippen LogP contribution in [0, 0.1) is 5.92 Å². The summed E-state index contributed by atoms with van der Waals surface area (Å²) in [5.74, 6) is 1.02. The Hall–Kier alpha value is -2.66. The summed E-state index contributed by atoms with van der Waals surface area (Å²) in [4.78, 5) is 19.4. The van der Waals surface area contributed by atoms with E-state index in [1.807, 2.05) is 48.5 Å². The van der Waals surface area contributed by atoms with Gasteiger partial charge in [-0.25, -0.2) is 4.98 Å². The molecular formula is C21H23N3O2. The second-order valence-corrected chi connectivity index (χ2v) is 7.05. The molecule has 5 heteroatoms. The monoisotopic (exact) mass is 349 g/mol. The number of likely N-dealkylation sites (tertiary alicyclic amines) is 1. The molecule has 1 aliphatic rings. The van der Waals surface area contributed by atoms with Crippen molar-refractivity contribution >= 4 is 17.0 Å². The zero-order valence-electron chi connectivity index (χ0n) is 14.9. The van der Waals surface area contributed by atoms with Crippen LogP contribution in [0.15, 0.2) is 52.9 Å². The summed E-state index contributed by atoms with van der Waals surface area (Å²) < 4.78 is 5.81. The van der Waals surface area contributed by atoms with Gasteiger partial charge in [0.2, 0.25) is 5.89 Å². The number of carbonyl (C=O) groups excluding carboxylic acids is 1. The number of carbonyl (C=O) groups is 1. The molecule has 26 heavy (non-hydrogen) atoms. The fraction of sp³-hybridized carbons (Fsp3) is 0.333. The van der Waals surface area contributed by atoms with Gasteiger partial charge in [-0.1, -0.05) is 18.2 Å². The quantitative estimate of drug-likeness (QED) is 0.782. The van der Waals surface area contributed by atoms with Crippen molar-refractivity contribution in [2.75, 3.05) is 26.7 Å². The van der Waals surface area contributed by atoms with Gasteiger partial charge in [-0.05, 0) is 62.7 Å². The second kappa shape index (κ2) is 7.30. The highest BCUT2D eigenvalue weighted by Gasteiger charge is 2.18. The van der Waals surface area contributed by atoms with Crippen LogP contribution in [0.1, 0.15) is 23.2 Å². The number of rotatable bonds is 4. The van der Waals surface area contributed by atoms with Crippen LogP contribution in [0.4, 0.5) is 0 Å². The maximum Gasteiger partial charge on any atom is 0.251 e. The summed E-state index contributed by atoms with van der Waals surface area (Å²) in [6.45, 7) is 2.91. The molecule has 1 unspecified atom stereocenters. The number of para-hydroxylation sites is 2. The topological polar surface area (TPSA) is 58.4 Å². The third-order valence-corrected chi connectivity index (χ3v) is 4.94. The fourth-order valence-electron chi connectivity index (χ4n) is 3.57. The molecule has 0 saturated carbocycles. The Morgan fingerprint density at radius 2 is 2.15 bits per heavy atom. The minimum absolute atomic E-state index is 0.0452. The number of nitrogens with one attached hydrogen (secondary N) is 1. The number of piperidine rings is 1. The van der Waals surface area contributed by atoms with Crippen LogP contribution in [0.25, 0.3) is 22.6 Å². The van der Waals surface area contributed by atoms with Crippen molar-refractivity contribution in [2.45, 2.75) is 12.8 Å². The molecule has 0 aliphatic carbocycles. The summed E-state index contributed by atoms with van der Waals surface area (Å²) in [6.07, 6.45) is 2.37. The lowest BCUT2D eigenvalue weighted by molar-refractivity contribution is 0.0937. The Kier molecular flexibility index (Phi) is 4.71. The molecule has 1 N–H and O–H groups in total. The Morgan fingerprint density at radius 3 is 3.00 bits per heavy atom. The number of oxazole rings is 1. The normalized spacial score (nSPS) is 18.1. The SMILES string of the molecule is CN1CCCC(CNC(=O)c2cccc(-c3nc4ccccc4o3)c2)C1. The smallest absolute Gasteiger partial charge is 0.251 e. The first-order valence-electron chi connectivity index (χ1n) is 9.12. The minimum atomic E-state index is -0.0452. The van der Waals surface area contributed by atoms with Crippen molar-refractivity contribution in [3.63, 3.8) is 0 Å². The predicted molar refractivity (Wildman–Crippen MR) is 102 cm³/mol. The van der Waals surface area contributed by atoms with Gasteiger partial charge in [0.1, 0.15) is 5.52 Å². The summed E-state index contributed by atoms with van der Waals surface area (Å²) >= 11 is 0. The Morgan fingerprint density at radius 1 is 1.27 bits per heavy atom. The maximum atomic E-state index is 12.5. The van der Waals surface area contributed by atoms with E-state index < -0.39 is 0 Å². The Labute approximate surface area is 153 Å². The molecule has 1 atom stereocenters. The van der Waals surface area contributed by atoms with E-state index in [1.54, 1.807) is 0 Å². The van der Waals surface area contributed by atoms with Crippen LogP contribution in [-0.2, 0) is 0 Å². The lowest BCUT2D eigenvalue weighted by atomic mass is 9.98. The number of hydrogen-bond donors (Lipinski definition) is 1. The van der Waals surface area contributed by atoms with Gasteiger partial charge in [0.05, 0.1) is 0 Å². The average Bonchev–Trinajstić information content (AvgIpc) is 3.10. The molecular weight excluding hydrogens is 326 g/mol. The van der Waals surface area contributed by atoms with Crippen molar-refractivity contribution < 1.29 is 9.21 Å². The molecule has 2 heterocycles. The van der Waals surface area contributed by atoms with E-state index in [0.29, 0.717) is 17.4 Å². The third-order valence-electron chi connectivity index (χ3n) is 4.94. The molecule has 134 valence electrons. The minimum Gasteiger partial charge on any atom is -0.436 e. The van der Waals surface area contributed by atoms with Gasteiger partial charge in [0.15, 0.2) is 5.58 Å². The third kappa shape index (κ3) is 3.63. The zero-order chi connectivity index (χ0) is 17.9. The molecule has 1 saturated heterocycles.